The zero-order valence-corrected chi connectivity index (χ0v) is 19.6. The molecule has 0 fully saturated rings. The number of nitrogens with one attached hydrogen (secondary N) is 4. The highest BCUT2D eigenvalue weighted by molar-refractivity contribution is 5.96. The van der Waals surface area contributed by atoms with Crippen molar-refractivity contribution in [2.45, 2.75) is 64.8 Å². The molecule has 2 rings (SSSR count). The van der Waals surface area contributed by atoms with E-state index < -0.39 is 29.6 Å². The minimum atomic E-state index is -1.07. The molecule has 0 aliphatic heterocycles. The molecule has 0 bridgehead atoms. The third-order valence-corrected chi connectivity index (χ3v) is 4.86. The molecule has 0 saturated carbocycles. The van der Waals surface area contributed by atoms with E-state index in [-0.39, 0.29) is 12.6 Å². The number of ether oxygens (including phenoxy) is 1. The van der Waals surface area contributed by atoms with Gasteiger partial charge in [-0.1, -0.05) is 12.1 Å². The normalized spacial score (nSPS) is 13.1. The monoisotopic (exact) mass is 458 g/mol. The van der Waals surface area contributed by atoms with Crippen molar-refractivity contribution in [3.63, 3.8) is 0 Å². The van der Waals surface area contributed by atoms with Gasteiger partial charge in [0.1, 0.15) is 11.6 Å². The third kappa shape index (κ3) is 9.36. The van der Waals surface area contributed by atoms with Gasteiger partial charge in [0.25, 0.3) is 5.91 Å². The molecule has 9 heteroatoms. The Morgan fingerprint density at radius 1 is 1.12 bits per heavy atom. The number of alkyl carbamates (subject to hydrolysis) is 1. The molecule has 0 saturated heterocycles. The number of amides is 2. The van der Waals surface area contributed by atoms with Crippen molar-refractivity contribution in [1.29, 1.82) is 0 Å². The van der Waals surface area contributed by atoms with Gasteiger partial charge in [-0.25, -0.2) is 9.59 Å². The van der Waals surface area contributed by atoms with Crippen LogP contribution in [0.3, 0.4) is 0 Å². The quantitative estimate of drug-likeness (QED) is 0.328. The maximum atomic E-state index is 12.5. The number of H-pyrrole nitrogens is 1. The summed E-state index contributed by atoms with van der Waals surface area (Å²) in [6.07, 6.45) is 2.24. The van der Waals surface area contributed by atoms with Crippen LogP contribution in [-0.4, -0.2) is 46.2 Å². The Bertz CT molecular complexity index is 904. The summed E-state index contributed by atoms with van der Waals surface area (Å²) in [4.78, 5) is 39.0. The van der Waals surface area contributed by atoms with Crippen LogP contribution in [0.2, 0.25) is 0 Å². The molecule has 0 aliphatic rings. The van der Waals surface area contributed by atoms with Crippen LogP contribution in [0.4, 0.5) is 4.79 Å². The van der Waals surface area contributed by atoms with Crippen LogP contribution < -0.4 is 16.0 Å². The number of carboxylic acids is 1. The zero-order chi connectivity index (χ0) is 24.4. The van der Waals surface area contributed by atoms with Gasteiger partial charge in [0.05, 0.1) is 0 Å². The Labute approximate surface area is 194 Å². The number of carbonyl (C=O) groups excluding carboxylic acids is 2. The van der Waals surface area contributed by atoms with E-state index in [1.165, 1.54) is 0 Å². The van der Waals surface area contributed by atoms with Gasteiger partial charge >= 0.3 is 12.1 Å². The maximum Gasteiger partial charge on any atom is 0.407 e. The molecule has 0 aliphatic carbocycles. The molecule has 9 nitrogen and oxygen atoms in total. The molecule has 1 aromatic heterocycles. The van der Waals surface area contributed by atoms with Crippen LogP contribution in [-0.2, 0) is 16.1 Å². The Hall–Kier alpha value is -3.33. The fraction of sp³-hybridized carbons (Fsp3) is 0.458. The van der Waals surface area contributed by atoms with Gasteiger partial charge in [0.15, 0.2) is 0 Å². The van der Waals surface area contributed by atoms with E-state index in [9.17, 15) is 19.5 Å². The van der Waals surface area contributed by atoms with Crippen molar-refractivity contribution in [1.82, 2.24) is 20.9 Å². The molecule has 0 spiro atoms. The van der Waals surface area contributed by atoms with Crippen LogP contribution in [0.5, 0.6) is 0 Å². The maximum absolute atomic E-state index is 12.5. The van der Waals surface area contributed by atoms with Crippen molar-refractivity contribution in [3.8, 4) is 0 Å². The lowest BCUT2D eigenvalue weighted by atomic mass is 10.1. The van der Waals surface area contributed by atoms with Crippen LogP contribution >= 0.6 is 0 Å². The Morgan fingerprint density at radius 2 is 1.82 bits per heavy atom. The van der Waals surface area contributed by atoms with Gasteiger partial charge in [-0.2, -0.15) is 0 Å². The molecule has 2 atom stereocenters. The van der Waals surface area contributed by atoms with Crippen LogP contribution in [0, 0.1) is 0 Å². The molecule has 1 aromatic carbocycles. The predicted molar refractivity (Wildman–Crippen MR) is 125 cm³/mol. The third-order valence-electron chi connectivity index (χ3n) is 4.86. The first-order chi connectivity index (χ1) is 15.5. The van der Waals surface area contributed by atoms with E-state index in [1.807, 2.05) is 25.3 Å². The van der Waals surface area contributed by atoms with Gasteiger partial charge < -0.3 is 30.8 Å². The SMILES string of the molecule is CC(NCCC[C@H](NC(=O)c1ccc(CNC(=O)OC(C)(C)C)cc1)C(=O)O)c1ccc[nH]1. The molecule has 180 valence electrons. The van der Waals surface area contributed by atoms with Gasteiger partial charge in [0.2, 0.25) is 0 Å². The van der Waals surface area contributed by atoms with E-state index in [0.717, 1.165) is 11.3 Å². The number of carbonyl (C=O) groups is 3. The van der Waals surface area contributed by atoms with Crippen molar-refractivity contribution in [2.24, 2.45) is 0 Å². The number of carboxylic acid groups (broad SMARTS) is 1. The average molecular weight is 459 g/mol. The second-order valence-corrected chi connectivity index (χ2v) is 8.86. The molecule has 2 aromatic rings. The van der Waals surface area contributed by atoms with E-state index in [0.29, 0.717) is 24.9 Å². The van der Waals surface area contributed by atoms with Gasteiger partial charge in [-0.05, 0) is 76.9 Å². The Balaban J connectivity index is 1.79. The molecule has 0 radical (unpaired) electrons. The lowest BCUT2D eigenvalue weighted by molar-refractivity contribution is -0.139. The summed E-state index contributed by atoms with van der Waals surface area (Å²) in [7, 11) is 0. The number of aromatic nitrogens is 1. The highest BCUT2D eigenvalue weighted by atomic mass is 16.6. The molecular formula is C24H34N4O5. The number of aromatic amines is 1. The first kappa shape index (κ1) is 25.9. The van der Waals surface area contributed by atoms with Gasteiger partial charge in [-0.15, -0.1) is 0 Å². The summed E-state index contributed by atoms with van der Waals surface area (Å²) in [5.41, 5.74) is 1.61. The summed E-state index contributed by atoms with van der Waals surface area (Å²) in [6.45, 7) is 8.25. The fourth-order valence-corrected chi connectivity index (χ4v) is 3.11. The molecule has 5 N–H and O–H groups in total. The first-order valence-corrected chi connectivity index (χ1v) is 11.0. The van der Waals surface area contributed by atoms with Gasteiger partial charge in [-0.3, -0.25) is 4.79 Å². The highest BCUT2D eigenvalue weighted by Gasteiger charge is 2.20. The molecular weight excluding hydrogens is 424 g/mol. The van der Waals surface area contributed by atoms with E-state index >= 15 is 0 Å². The Morgan fingerprint density at radius 3 is 2.39 bits per heavy atom. The number of hydrogen-bond acceptors (Lipinski definition) is 5. The highest BCUT2D eigenvalue weighted by Crippen LogP contribution is 2.10. The van der Waals surface area contributed by atoms with Crippen LogP contribution in [0.15, 0.2) is 42.6 Å². The summed E-state index contributed by atoms with van der Waals surface area (Å²) in [5.74, 6) is -1.53. The van der Waals surface area contributed by atoms with Gasteiger partial charge in [0, 0.05) is 30.0 Å². The largest absolute Gasteiger partial charge is 0.480 e. The zero-order valence-electron chi connectivity index (χ0n) is 19.6. The second kappa shape index (κ2) is 12.1. The molecule has 1 heterocycles. The van der Waals surface area contributed by atoms with Crippen molar-refractivity contribution in [2.75, 3.05) is 6.54 Å². The number of aliphatic carboxylic acids is 1. The smallest absolute Gasteiger partial charge is 0.407 e. The van der Waals surface area contributed by atoms with E-state index in [2.05, 4.69) is 20.9 Å². The number of hydrogen-bond donors (Lipinski definition) is 5. The predicted octanol–water partition coefficient (Wildman–Crippen LogP) is 3.35. The summed E-state index contributed by atoms with van der Waals surface area (Å²) in [6, 6.07) is 9.65. The van der Waals surface area contributed by atoms with Crippen molar-refractivity contribution < 1.29 is 24.2 Å². The first-order valence-electron chi connectivity index (χ1n) is 11.0. The summed E-state index contributed by atoms with van der Waals surface area (Å²) >= 11 is 0. The summed E-state index contributed by atoms with van der Waals surface area (Å²) < 4.78 is 5.18. The van der Waals surface area contributed by atoms with Crippen molar-refractivity contribution >= 4 is 18.0 Å². The van der Waals surface area contributed by atoms with Crippen LogP contribution in [0.25, 0.3) is 0 Å². The van der Waals surface area contributed by atoms with E-state index in [4.69, 9.17) is 4.74 Å². The lowest BCUT2D eigenvalue weighted by Crippen LogP contribution is -2.41. The molecule has 2 amide bonds. The molecule has 1 unspecified atom stereocenters. The van der Waals surface area contributed by atoms with E-state index in [1.54, 1.807) is 45.0 Å². The Kier molecular flexibility index (Phi) is 9.47. The summed E-state index contributed by atoms with van der Waals surface area (Å²) in [5, 5.41) is 18.0. The minimum Gasteiger partial charge on any atom is -0.480 e. The molecule has 33 heavy (non-hydrogen) atoms. The van der Waals surface area contributed by atoms with Crippen LogP contribution in [0.1, 0.15) is 68.2 Å². The standard InChI is InChI=1S/C24H34N4O5/c1-16(19-7-5-14-26-19)25-13-6-8-20(22(30)31)28-21(29)18-11-9-17(10-12-18)15-27-23(32)33-24(2,3)4/h5,7,9-12,14,16,20,25-26H,6,8,13,15H2,1-4H3,(H,27,32)(H,28,29)(H,30,31)/t16?,20-/m0/s1. The second-order valence-electron chi connectivity index (χ2n) is 8.86. The number of benzene rings is 1. The minimum absolute atomic E-state index is 0.126. The van der Waals surface area contributed by atoms with Crippen molar-refractivity contribution in [3.05, 3.63) is 59.4 Å². The number of rotatable bonds is 11. The lowest BCUT2D eigenvalue weighted by Gasteiger charge is -2.19. The fourth-order valence-electron chi connectivity index (χ4n) is 3.11. The average Bonchev–Trinajstić information content (AvgIpc) is 3.28. The topological polar surface area (TPSA) is 133 Å².